The van der Waals surface area contributed by atoms with Crippen LogP contribution in [0, 0.1) is 4.91 Å². The number of hydrogen-bond acceptors (Lipinski definition) is 4. The van der Waals surface area contributed by atoms with Crippen LogP contribution in [0.4, 0.5) is 0 Å². The first-order valence-electron chi connectivity index (χ1n) is 6.33. The van der Waals surface area contributed by atoms with Crippen molar-refractivity contribution in [2.45, 2.75) is 31.2 Å². The van der Waals surface area contributed by atoms with E-state index in [0.717, 1.165) is 4.90 Å². The summed E-state index contributed by atoms with van der Waals surface area (Å²) in [6, 6.07) is 6.01. The van der Waals surface area contributed by atoms with Crippen molar-refractivity contribution in [3.63, 3.8) is 0 Å². The van der Waals surface area contributed by atoms with Crippen molar-refractivity contribution in [1.82, 2.24) is 4.90 Å². The fourth-order valence-corrected chi connectivity index (χ4v) is 2.36. The zero-order valence-corrected chi connectivity index (χ0v) is 12.1. The van der Waals surface area contributed by atoms with Gasteiger partial charge in [-0.05, 0) is 32.4 Å². The fraction of sp³-hybridized carbons (Fsp3) is 0.429. The van der Waals surface area contributed by atoms with E-state index >= 15 is 0 Å². The first-order chi connectivity index (χ1) is 9.36. The Bertz CT molecular complexity index is 531. The topological polar surface area (TPSA) is 66.8 Å². The Kier molecular flexibility index (Phi) is 3.90. The van der Waals surface area contributed by atoms with Gasteiger partial charge in [0.25, 0.3) is 11.8 Å². The largest absolute Gasteiger partial charge is 0.274 e. The molecule has 1 aliphatic rings. The lowest BCUT2D eigenvalue weighted by Gasteiger charge is -2.23. The van der Waals surface area contributed by atoms with Crippen LogP contribution in [0.5, 0.6) is 0 Å². The third-order valence-corrected chi connectivity index (χ3v) is 3.68. The molecular formula is C14H15ClN2O3. The lowest BCUT2D eigenvalue weighted by Crippen LogP contribution is -2.36. The zero-order valence-electron chi connectivity index (χ0n) is 11.3. The van der Waals surface area contributed by atoms with Crippen LogP contribution in [0.25, 0.3) is 0 Å². The molecular weight excluding hydrogens is 280 g/mol. The molecule has 1 aliphatic heterocycles. The number of alkyl halides is 1. The summed E-state index contributed by atoms with van der Waals surface area (Å²) in [7, 11) is 0. The summed E-state index contributed by atoms with van der Waals surface area (Å²) in [6.45, 7) is 3.50. The van der Waals surface area contributed by atoms with Crippen LogP contribution in [0.1, 0.15) is 41.0 Å². The van der Waals surface area contributed by atoms with Crippen molar-refractivity contribution in [1.29, 1.82) is 0 Å². The Labute approximate surface area is 121 Å². The molecule has 2 rings (SSSR count). The van der Waals surface area contributed by atoms with Gasteiger partial charge in [-0.15, -0.1) is 11.6 Å². The van der Waals surface area contributed by atoms with Crippen molar-refractivity contribution in [2.24, 2.45) is 5.18 Å². The fourth-order valence-electron chi connectivity index (χ4n) is 2.21. The maximum atomic E-state index is 12.1. The van der Waals surface area contributed by atoms with Gasteiger partial charge >= 0.3 is 0 Å². The standard InChI is InChI=1S/C14H15ClN2O3/c1-14(2,15)11(16-20)7-8-17-12(18)9-5-3-4-6-10(9)13(17)19/h3-6,11H,7-8H2,1-2H3. The van der Waals surface area contributed by atoms with Crippen LogP contribution >= 0.6 is 11.6 Å². The molecule has 1 aromatic carbocycles. The molecule has 1 aromatic rings. The number of nitroso groups, excluding NO2 is 1. The van der Waals surface area contributed by atoms with E-state index in [-0.39, 0.29) is 24.8 Å². The van der Waals surface area contributed by atoms with Crippen LogP contribution in [0.2, 0.25) is 0 Å². The van der Waals surface area contributed by atoms with E-state index in [2.05, 4.69) is 5.18 Å². The van der Waals surface area contributed by atoms with E-state index in [9.17, 15) is 14.5 Å². The van der Waals surface area contributed by atoms with E-state index in [1.807, 2.05) is 0 Å². The van der Waals surface area contributed by atoms with Crippen LogP contribution in [-0.2, 0) is 0 Å². The van der Waals surface area contributed by atoms with E-state index in [1.165, 1.54) is 0 Å². The summed E-state index contributed by atoms with van der Waals surface area (Å²) in [5, 5.41) is 2.99. The van der Waals surface area contributed by atoms with Crippen LogP contribution in [-0.4, -0.2) is 34.2 Å². The summed E-state index contributed by atoms with van der Waals surface area (Å²) in [5.74, 6) is -0.662. The molecule has 0 aromatic heterocycles. The molecule has 0 bridgehead atoms. The lowest BCUT2D eigenvalue weighted by atomic mass is 10.0. The number of benzene rings is 1. The van der Waals surface area contributed by atoms with Gasteiger partial charge in [-0.1, -0.05) is 17.3 Å². The van der Waals surface area contributed by atoms with E-state index in [1.54, 1.807) is 38.1 Å². The Morgan fingerprint density at radius 2 is 1.70 bits per heavy atom. The first kappa shape index (κ1) is 14.7. The molecule has 0 spiro atoms. The van der Waals surface area contributed by atoms with Crippen LogP contribution in [0.15, 0.2) is 29.4 Å². The van der Waals surface area contributed by atoms with Crippen molar-refractivity contribution in [3.8, 4) is 0 Å². The van der Waals surface area contributed by atoms with Crippen molar-refractivity contribution < 1.29 is 9.59 Å². The molecule has 20 heavy (non-hydrogen) atoms. The monoisotopic (exact) mass is 294 g/mol. The van der Waals surface area contributed by atoms with E-state index in [0.29, 0.717) is 11.1 Å². The van der Waals surface area contributed by atoms with Gasteiger partial charge in [-0.25, -0.2) is 0 Å². The number of fused-ring (bicyclic) bond motifs is 1. The van der Waals surface area contributed by atoms with Gasteiger partial charge in [0.2, 0.25) is 0 Å². The van der Waals surface area contributed by atoms with Gasteiger partial charge in [-0.2, -0.15) is 4.91 Å². The second-order valence-corrected chi connectivity index (χ2v) is 6.26. The molecule has 6 heteroatoms. The second kappa shape index (κ2) is 5.32. The molecule has 0 N–H and O–H groups in total. The highest BCUT2D eigenvalue weighted by molar-refractivity contribution is 6.24. The van der Waals surface area contributed by atoms with Gasteiger partial charge in [-0.3, -0.25) is 14.5 Å². The van der Waals surface area contributed by atoms with Gasteiger partial charge in [0.05, 0.1) is 16.0 Å². The molecule has 1 atom stereocenters. The molecule has 1 heterocycles. The van der Waals surface area contributed by atoms with Gasteiger partial charge in [0.15, 0.2) is 0 Å². The summed E-state index contributed by atoms with van der Waals surface area (Å²) in [6.07, 6.45) is 0.255. The number of carbonyl (C=O) groups is 2. The summed E-state index contributed by atoms with van der Waals surface area (Å²) in [5.41, 5.74) is 0.802. The Hall–Kier alpha value is -1.75. The summed E-state index contributed by atoms with van der Waals surface area (Å²) in [4.78, 5) is 35.4. The minimum atomic E-state index is -0.805. The molecule has 0 saturated carbocycles. The van der Waals surface area contributed by atoms with E-state index in [4.69, 9.17) is 11.6 Å². The van der Waals surface area contributed by atoms with Crippen molar-refractivity contribution in [2.75, 3.05) is 6.54 Å². The number of nitrogens with zero attached hydrogens (tertiary/aromatic N) is 2. The lowest BCUT2D eigenvalue weighted by molar-refractivity contribution is 0.0648. The minimum Gasteiger partial charge on any atom is -0.274 e. The maximum absolute atomic E-state index is 12.1. The number of amides is 2. The van der Waals surface area contributed by atoms with E-state index < -0.39 is 10.9 Å². The molecule has 2 amide bonds. The van der Waals surface area contributed by atoms with Crippen molar-refractivity contribution >= 4 is 23.4 Å². The Morgan fingerprint density at radius 3 is 2.10 bits per heavy atom. The highest BCUT2D eigenvalue weighted by Crippen LogP contribution is 2.26. The molecule has 1 unspecified atom stereocenters. The number of rotatable bonds is 5. The molecule has 5 nitrogen and oxygen atoms in total. The molecule has 0 fully saturated rings. The Morgan fingerprint density at radius 1 is 1.20 bits per heavy atom. The maximum Gasteiger partial charge on any atom is 0.261 e. The minimum absolute atomic E-state index is 0.138. The highest BCUT2D eigenvalue weighted by Gasteiger charge is 2.36. The predicted octanol–water partition coefficient (Wildman–Crippen LogP) is 2.83. The third kappa shape index (κ3) is 2.58. The number of hydrogen-bond donors (Lipinski definition) is 0. The molecule has 0 radical (unpaired) electrons. The molecule has 0 aliphatic carbocycles. The smallest absolute Gasteiger partial charge is 0.261 e. The molecule has 106 valence electrons. The average Bonchev–Trinajstić information content (AvgIpc) is 2.63. The molecule has 0 saturated heterocycles. The van der Waals surface area contributed by atoms with Gasteiger partial charge in [0.1, 0.15) is 6.04 Å². The highest BCUT2D eigenvalue weighted by atomic mass is 35.5. The second-order valence-electron chi connectivity index (χ2n) is 5.28. The number of halogens is 1. The number of imide groups is 1. The first-order valence-corrected chi connectivity index (χ1v) is 6.70. The zero-order chi connectivity index (χ0) is 14.9. The van der Waals surface area contributed by atoms with Crippen LogP contribution < -0.4 is 0 Å². The predicted molar refractivity (Wildman–Crippen MR) is 75.9 cm³/mol. The Balaban J connectivity index is 2.11. The van der Waals surface area contributed by atoms with Gasteiger partial charge < -0.3 is 0 Å². The summed E-state index contributed by atoms with van der Waals surface area (Å²) < 4.78 is 0. The average molecular weight is 295 g/mol. The normalized spacial score (nSPS) is 16.2. The quantitative estimate of drug-likeness (QED) is 0.476. The van der Waals surface area contributed by atoms with Crippen molar-refractivity contribution in [3.05, 3.63) is 40.3 Å². The SMILES string of the molecule is CC(C)(Cl)C(CCN1C(=O)c2ccccc2C1=O)N=O. The summed E-state index contributed by atoms with van der Waals surface area (Å²) >= 11 is 6.06. The third-order valence-electron chi connectivity index (χ3n) is 3.42. The van der Waals surface area contributed by atoms with Gasteiger partial charge in [0, 0.05) is 6.54 Å². The van der Waals surface area contributed by atoms with Crippen LogP contribution in [0.3, 0.4) is 0 Å². The number of carbonyl (C=O) groups excluding carboxylic acids is 2.